The van der Waals surface area contributed by atoms with E-state index in [-0.39, 0.29) is 18.1 Å². The second kappa shape index (κ2) is 10.8. The van der Waals surface area contributed by atoms with Gasteiger partial charge in [0.15, 0.2) is 0 Å². The molecule has 2 bridgehead atoms. The maximum Gasteiger partial charge on any atom is 0.0969 e. The highest BCUT2D eigenvalue weighted by atomic mass is 79.9. The highest BCUT2D eigenvalue weighted by molar-refractivity contribution is 9.10. The number of aryl methyl sites for hydroxylation is 1. The fourth-order valence-corrected chi connectivity index (χ4v) is 6.56. The molecule has 0 amide bonds. The Hall–Kier alpha value is -1.77. The number of rotatable bonds is 8. The van der Waals surface area contributed by atoms with Crippen molar-refractivity contribution in [2.45, 2.75) is 77.6 Å². The molecule has 7 heteroatoms. The van der Waals surface area contributed by atoms with E-state index in [1.807, 2.05) is 0 Å². The van der Waals surface area contributed by atoms with Crippen LogP contribution in [0.2, 0.25) is 0 Å². The second-order valence-electron chi connectivity index (χ2n) is 11.6. The van der Waals surface area contributed by atoms with Gasteiger partial charge in [-0.15, -0.1) is 0 Å². The molecular weight excluding hydrogens is 530 g/mol. The van der Waals surface area contributed by atoms with E-state index in [2.05, 4.69) is 84.0 Å². The first-order valence-electron chi connectivity index (χ1n) is 13.5. The fourth-order valence-electron chi connectivity index (χ4n) is 6.20. The third-order valence-electron chi connectivity index (χ3n) is 8.18. The number of nitrogens with one attached hydrogen (secondary N) is 1. The van der Waals surface area contributed by atoms with Crippen LogP contribution >= 0.6 is 15.9 Å². The van der Waals surface area contributed by atoms with Gasteiger partial charge < -0.3 is 24.5 Å². The Morgan fingerprint density at radius 1 is 1.24 bits per heavy atom. The SMILES string of the molecule is CCn1c(-c2cc([C@@H]3C[C@H]4COC[C@@H](C3)N4)cnc2[C@H](C)OC)c(CC(C)(C)CO)c2cc(Br)ccc21. The van der Waals surface area contributed by atoms with Gasteiger partial charge in [0.2, 0.25) is 0 Å². The van der Waals surface area contributed by atoms with Crippen molar-refractivity contribution in [1.82, 2.24) is 14.9 Å². The number of methoxy groups -OCH3 is 1. The van der Waals surface area contributed by atoms with Gasteiger partial charge in [-0.3, -0.25) is 4.98 Å². The van der Waals surface area contributed by atoms with Gasteiger partial charge in [0.1, 0.15) is 0 Å². The topological polar surface area (TPSA) is 68.5 Å². The Bertz CT molecular complexity index is 1260. The minimum Gasteiger partial charge on any atom is -0.396 e. The number of hydrogen-bond donors (Lipinski definition) is 2. The number of aliphatic hydroxyl groups is 1. The minimum atomic E-state index is -0.255. The zero-order valence-corrected chi connectivity index (χ0v) is 24.3. The predicted octanol–water partition coefficient (Wildman–Crippen LogP) is 5.99. The number of pyridine rings is 1. The molecule has 6 nitrogen and oxygen atoms in total. The van der Waals surface area contributed by atoms with Crippen molar-refractivity contribution in [3.8, 4) is 11.3 Å². The molecule has 0 unspecified atom stereocenters. The Balaban J connectivity index is 1.73. The van der Waals surface area contributed by atoms with Crippen LogP contribution in [0.15, 0.2) is 34.9 Å². The lowest BCUT2D eigenvalue weighted by atomic mass is 9.81. The molecule has 2 fully saturated rings. The number of aliphatic hydroxyl groups excluding tert-OH is 1. The lowest BCUT2D eigenvalue weighted by molar-refractivity contribution is 0.0180. The van der Waals surface area contributed by atoms with Gasteiger partial charge in [0, 0.05) is 59.5 Å². The first-order valence-corrected chi connectivity index (χ1v) is 14.3. The molecule has 0 saturated carbocycles. The van der Waals surface area contributed by atoms with Crippen molar-refractivity contribution in [2.24, 2.45) is 5.41 Å². The van der Waals surface area contributed by atoms with Crippen LogP contribution < -0.4 is 5.32 Å². The summed E-state index contributed by atoms with van der Waals surface area (Å²) in [4.78, 5) is 5.07. The molecule has 5 rings (SSSR count). The molecule has 4 atom stereocenters. The quantitative estimate of drug-likeness (QED) is 0.349. The van der Waals surface area contributed by atoms with E-state index in [1.165, 1.54) is 27.7 Å². The summed E-state index contributed by atoms with van der Waals surface area (Å²) in [6, 6.07) is 9.72. The molecule has 37 heavy (non-hydrogen) atoms. The Morgan fingerprint density at radius 2 is 1.97 bits per heavy atom. The van der Waals surface area contributed by atoms with Gasteiger partial charge in [-0.25, -0.2) is 0 Å². The molecule has 2 N–H and O–H groups in total. The van der Waals surface area contributed by atoms with E-state index >= 15 is 0 Å². The van der Waals surface area contributed by atoms with Gasteiger partial charge in [-0.05, 0) is 79.8 Å². The number of ether oxygens (including phenoxy) is 2. The zero-order valence-electron chi connectivity index (χ0n) is 22.7. The molecule has 200 valence electrons. The van der Waals surface area contributed by atoms with Crippen molar-refractivity contribution in [3.63, 3.8) is 0 Å². The van der Waals surface area contributed by atoms with Crippen LogP contribution in [0.3, 0.4) is 0 Å². The number of morpholine rings is 1. The average molecular weight is 571 g/mol. The molecule has 0 spiro atoms. The average Bonchev–Trinajstić information content (AvgIpc) is 3.19. The van der Waals surface area contributed by atoms with Crippen LogP contribution in [-0.2, 0) is 22.4 Å². The van der Waals surface area contributed by atoms with E-state index in [0.717, 1.165) is 54.8 Å². The van der Waals surface area contributed by atoms with Crippen LogP contribution in [0.4, 0.5) is 0 Å². The zero-order chi connectivity index (χ0) is 26.3. The van der Waals surface area contributed by atoms with Crippen LogP contribution in [0.1, 0.15) is 69.4 Å². The highest BCUT2D eigenvalue weighted by Crippen LogP contribution is 2.43. The third kappa shape index (κ3) is 5.26. The number of halogens is 1. The van der Waals surface area contributed by atoms with Crippen LogP contribution in [0, 0.1) is 5.41 Å². The van der Waals surface area contributed by atoms with Gasteiger partial charge in [0.25, 0.3) is 0 Å². The summed E-state index contributed by atoms with van der Waals surface area (Å²) < 4.78 is 15.1. The summed E-state index contributed by atoms with van der Waals surface area (Å²) in [5, 5.41) is 15.2. The fraction of sp³-hybridized carbons (Fsp3) is 0.567. The standard InChI is InChI=1S/C30H40BrN3O3/c1-6-34-27-8-7-21(31)12-24(27)26(13-30(3,4)17-35)29(34)25-11-20(14-32-28(25)18(2)36-5)19-9-22-15-37-16-23(10-19)33-22/h7-8,11-12,14,18-19,22-23,33,35H,6,9-10,13,15-17H2,1-5H3/t18-,19-,22+,23-/m0/s1. The second-order valence-corrected chi connectivity index (χ2v) is 12.5. The van der Waals surface area contributed by atoms with Crippen molar-refractivity contribution in [3.05, 3.63) is 51.8 Å². The highest BCUT2D eigenvalue weighted by Gasteiger charge is 2.34. The molecule has 2 aromatic heterocycles. The first-order chi connectivity index (χ1) is 17.7. The Labute approximate surface area is 228 Å². The van der Waals surface area contributed by atoms with Gasteiger partial charge in [-0.1, -0.05) is 29.8 Å². The van der Waals surface area contributed by atoms with Crippen molar-refractivity contribution in [2.75, 3.05) is 26.9 Å². The summed E-state index contributed by atoms with van der Waals surface area (Å²) in [6.45, 7) is 11.1. The molecule has 3 aromatic rings. The predicted molar refractivity (Wildman–Crippen MR) is 152 cm³/mol. The number of aromatic nitrogens is 2. The Morgan fingerprint density at radius 3 is 2.62 bits per heavy atom. The van der Waals surface area contributed by atoms with E-state index in [4.69, 9.17) is 14.5 Å². The number of hydrogen-bond acceptors (Lipinski definition) is 5. The van der Waals surface area contributed by atoms with Gasteiger partial charge in [0.05, 0.1) is 30.7 Å². The summed E-state index contributed by atoms with van der Waals surface area (Å²) in [5.74, 6) is 0.448. The van der Waals surface area contributed by atoms with E-state index in [0.29, 0.717) is 18.0 Å². The Kier molecular flexibility index (Phi) is 7.81. The lowest BCUT2D eigenvalue weighted by Gasteiger charge is -2.40. The molecule has 1 aromatic carbocycles. The van der Waals surface area contributed by atoms with Crippen molar-refractivity contribution < 1.29 is 14.6 Å². The van der Waals surface area contributed by atoms with E-state index in [9.17, 15) is 5.11 Å². The molecule has 2 aliphatic rings. The smallest absolute Gasteiger partial charge is 0.0969 e. The number of benzene rings is 1. The van der Waals surface area contributed by atoms with Gasteiger partial charge >= 0.3 is 0 Å². The lowest BCUT2D eigenvalue weighted by Crippen LogP contribution is -2.53. The molecule has 2 saturated heterocycles. The van der Waals surface area contributed by atoms with Crippen LogP contribution in [-0.4, -0.2) is 53.7 Å². The normalized spacial score (nSPS) is 22.9. The molecule has 0 radical (unpaired) electrons. The van der Waals surface area contributed by atoms with Crippen molar-refractivity contribution >= 4 is 26.8 Å². The summed E-state index contributed by atoms with van der Waals surface area (Å²) >= 11 is 3.70. The third-order valence-corrected chi connectivity index (χ3v) is 8.68. The van der Waals surface area contributed by atoms with E-state index < -0.39 is 0 Å². The van der Waals surface area contributed by atoms with E-state index in [1.54, 1.807) is 7.11 Å². The van der Waals surface area contributed by atoms with Gasteiger partial charge in [-0.2, -0.15) is 0 Å². The largest absolute Gasteiger partial charge is 0.396 e. The summed E-state index contributed by atoms with van der Waals surface area (Å²) in [7, 11) is 1.75. The van der Waals surface area contributed by atoms with Crippen LogP contribution in [0.25, 0.3) is 22.2 Å². The minimum absolute atomic E-state index is 0.124. The number of fused-ring (bicyclic) bond motifs is 3. The molecule has 4 heterocycles. The maximum absolute atomic E-state index is 10.2. The number of piperidine rings is 1. The molecular formula is C30H40BrN3O3. The first kappa shape index (κ1) is 26.8. The summed E-state index contributed by atoms with van der Waals surface area (Å²) in [5.41, 5.74) is 6.81. The summed E-state index contributed by atoms with van der Waals surface area (Å²) in [6.07, 6.45) is 4.82. The monoisotopic (exact) mass is 569 g/mol. The molecule has 2 aliphatic heterocycles. The molecule has 0 aliphatic carbocycles. The van der Waals surface area contributed by atoms with Crippen LogP contribution in [0.5, 0.6) is 0 Å². The van der Waals surface area contributed by atoms with Crippen molar-refractivity contribution in [1.29, 1.82) is 0 Å². The maximum atomic E-state index is 10.2. The number of nitrogens with zero attached hydrogens (tertiary/aromatic N) is 2.